The Morgan fingerprint density at radius 2 is 1.89 bits per heavy atom. The number of nitriles is 1. The third-order valence-electron chi connectivity index (χ3n) is 2.84. The molecule has 0 unspecified atom stereocenters. The van der Waals surface area contributed by atoms with Crippen LogP contribution >= 0.6 is 0 Å². The summed E-state index contributed by atoms with van der Waals surface area (Å²) in [4.78, 5) is 0. The van der Waals surface area contributed by atoms with Gasteiger partial charge in [0.15, 0.2) is 0 Å². The molecule has 0 aliphatic heterocycles. The molecule has 0 aliphatic carbocycles. The number of hydrogen-bond acceptors (Lipinski definition) is 2. The third kappa shape index (κ3) is 2.33. The number of aryl methyl sites for hydroxylation is 2. The van der Waals surface area contributed by atoms with Crippen LogP contribution < -0.4 is 5.32 Å². The smallest absolute Gasteiger partial charge is 0.146 e. The van der Waals surface area contributed by atoms with Crippen molar-refractivity contribution in [3.8, 4) is 6.07 Å². The van der Waals surface area contributed by atoms with Crippen LogP contribution in [-0.2, 0) is 0 Å². The Hall–Kier alpha value is -2.34. The second kappa shape index (κ2) is 4.89. The molecule has 0 spiro atoms. The highest BCUT2D eigenvalue weighted by molar-refractivity contribution is 5.65. The number of halogens is 1. The van der Waals surface area contributed by atoms with Crippen LogP contribution in [0.15, 0.2) is 36.4 Å². The molecule has 0 fully saturated rings. The van der Waals surface area contributed by atoms with Crippen molar-refractivity contribution in [2.75, 3.05) is 5.32 Å². The first-order valence-corrected chi connectivity index (χ1v) is 5.64. The van der Waals surface area contributed by atoms with Crippen LogP contribution in [0.2, 0.25) is 0 Å². The Labute approximate surface area is 106 Å². The van der Waals surface area contributed by atoms with Gasteiger partial charge in [-0.3, -0.25) is 0 Å². The topological polar surface area (TPSA) is 35.8 Å². The molecule has 18 heavy (non-hydrogen) atoms. The van der Waals surface area contributed by atoms with Gasteiger partial charge in [-0.05, 0) is 49.2 Å². The van der Waals surface area contributed by atoms with E-state index in [1.54, 1.807) is 18.2 Å². The Morgan fingerprint density at radius 3 is 2.50 bits per heavy atom. The van der Waals surface area contributed by atoms with Gasteiger partial charge in [-0.15, -0.1) is 0 Å². The van der Waals surface area contributed by atoms with Crippen molar-refractivity contribution < 1.29 is 4.39 Å². The number of nitrogens with zero attached hydrogens (tertiary/aromatic N) is 1. The minimum Gasteiger partial charge on any atom is -0.353 e. The second-order valence-electron chi connectivity index (χ2n) is 4.20. The summed E-state index contributed by atoms with van der Waals surface area (Å²) in [5.74, 6) is -0.281. The van der Waals surface area contributed by atoms with Crippen LogP contribution in [0.5, 0.6) is 0 Å². The van der Waals surface area contributed by atoms with E-state index in [4.69, 9.17) is 5.26 Å². The summed E-state index contributed by atoms with van der Waals surface area (Å²) >= 11 is 0. The van der Waals surface area contributed by atoms with E-state index < -0.39 is 0 Å². The van der Waals surface area contributed by atoms with Gasteiger partial charge in [-0.25, -0.2) is 4.39 Å². The first-order chi connectivity index (χ1) is 8.61. The minimum absolute atomic E-state index is 0.281. The molecule has 0 saturated carbocycles. The zero-order valence-corrected chi connectivity index (χ0v) is 10.3. The molecule has 0 saturated heterocycles. The molecule has 0 heterocycles. The molecule has 3 heteroatoms. The quantitative estimate of drug-likeness (QED) is 0.859. The molecule has 2 aromatic carbocycles. The fourth-order valence-electron chi connectivity index (χ4n) is 1.80. The van der Waals surface area contributed by atoms with E-state index in [1.807, 2.05) is 26.0 Å². The summed E-state index contributed by atoms with van der Waals surface area (Å²) in [6.45, 7) is 3.71. The molecule has 0 aromatic heterocycles. The Morgan fingerprint density at radius 1 is 1.11 bits per heavy atom. The van der Waals surface area contributed by atoms with E-state index in [0.29, 0.717) is 11.3 Å². The van der Waals surface area contributed by atoms with E-state index in [9.17, 15) is 4.39 Å². The summed E-state index contributed by atoms with van der Waals surface area (Å²) < 4.78 is 13.7. The molecule has 0 amide bonds. The van der Waals surface area contributed by atoms with Gasteiger partial charge in [0.1, 0.15) is 5.82 Å². The van der Waals surface area contributed by atoms with Gasteiger partial charge >= 0.3 is 0 Å². The highest BCUT2D eigenvalue weighted by Crippen LogP contribution is 2.24. The highest BCUT2D eigenvalue weighted by Gasteiger charge is 2.06. The van der Waals surface area contributed by atoms with Crippen LogP contribution in [0.3, 0.4) is 0 Å². The second-order valence-corrected chi connectivity index (χ2v) is 4.20. The first kappa shape index (κ1) is 12.1. The van der Waals surface area contributed by atoms with E-state index in [1.165, 1.54) is 6.07 Å². The average Bonchev–Trinajstić information content (AvgIpc) is 2.34. The predicted octanol–water partition coefficient (Wildman–Crippen LogP) is 4.06. The number of nitrogens with one attached hydrogen (secondary N) is 1. The number of para-hydroxylation sites is 1. The lowest BCUT2D eigenvalue weighted by atomic mass is 10.1. The van der Waals surface area contributed by atoms with Gasteiger partial charge in [-0.2, -0.15) is 5.26 Å². The van der Waals surface area contributed by atoms with Crippen molar-refractivity contribution in [3.05, 3.63) is 58.9 Å². The monoisotopic (exact) mass is 240 g/mol. The normalized spacial score (nSPS) is 9.89. The SMILES string of the molecule is Cc1cc(Nc2c(C)cccc2F)ccc1C#N. The third-order valence-corrected chi connectivity index (χ3v) is 2.84. The zero-order chi connectivity index (χ0) is 13.1. The maximum atomic E-state index is 13.7. The fourth-order valence-corrected chi connectivity index (χ4v) is 1.80. The largest absolute Gasteiger partial charge is 0.353 e. The number of hydrogen-bond donors (Lipinski definition) is 1. The van der Waals surface area contributed by atoms with Crippen LogP contribution in [0.1, 0.15) is 16.7 Å². The van der Waals surface area contributed by atoms with E-state index >= 15 is 0 Å². The lowest BCUT2D eigenvalue weighted by Crippen LogP contribution is -1.97. The molecule has 0 radical (unpaired) electrons. The molecular weight excluding hydrogens is 227 g/mol. The lowest BCUT2D eigenvalue weighted by molar-refractivity contribution is 0.631. The van der Waals surface area contributed by atoms with Crippen molar-refractivity contribution in [2.45, 2.75) is 13.8 Å². The Balaban J connectivity index is 2.35. The number of benzene rings is 2. The predicted molar refractivity (Wildman–Crippen MR) is 70.3 cm³/mol. The Bertz CT molecular complexity index is 607. The van der Waals surface area contributed by atoms with Gasteiger partial charge in [0.05, 0.1) is 17.3 Å². The van der Waals surface area contributed by atoms with E-state index in [0.717, 1.165) is 16.8 Å². The van der Waals surface area contributed by atoms with Crippen LogP contribution in [-0.4, -0.2) is 0 Å². The van der Waals surface area contributed by atoms with Gasteiger partial charge in [0.2, 0.25) is 0 Å². The summed E-state index contributed by atoms with van der Waals surface area (Å²) in [5, 5.41) is 11.9. The van der Waals surface area contributed by atoms with Crippen molar-refractivity contribution in [3.63, 3.8) is 0 Å². The van der Waals surface area contributed by atoms with E-state index in [-0.39, 0.29) is 5.82 Å². The van der Waals surface area contributed by atoms with Crippen LogP contribution in [0.4, 0.5) is 15.8 Å². The maximum Gasteiger partial charge on any atom is 0.146 e. The van der Waals surface area contributed by atoms with Gasteiger partial charge in [-0.1, -0.05) is 12.1 Å². The molecule has 2 rings (SSSR count). The van der Waals surface area contributed by atoms with Crippen LogP contribution in [0.25, 0.3) is 0 Å². The molecular formula is C15H13FN2. The van der Waals surface area contributed by atoms with Crippen molar-refractivity contribution in [1.82, 2.24) is 0 Å². The standard InChI is InChI=1S/C15H13FN2/c1-10-4-3-5-14(16)15(10)18-13-7-6-12(9-17)11(2)8-13/h3-8,18H,1-2H3. The minimum atomic E-state index is -0.281. The zero-order valence-electron chi connectivity index (χ0n) is 10.3. The molecule has 0 atom stereocenters. The molecule has 0 aliphatic rings. The molecule has 2 nitrogen and oxygen atoms in total. The average molecular weight is 240 g/mol. The summed E-state index contributed by atoms with van der Waals surface area (Å²) in [6, 6.07) is 12.4. The Kier molecular flexibility index (Phi) is 3.29. The molecule has 2 aromatic rings. The highest BCUT2D eigenvalue weighted by atomic mass is 19.1. The van der Waals surface area contributed by atoms with Crippen molar-refractivity contribution in [1.29, 1.82) is 5.26 Å². The van der Waals surface area contributed by atoms with Crippen molar-refractivity contribution >= 4 is 11.4 Å². The number of anilines is 2. The summed E-state index contributed by atoms with van der Waals surface area (Å²) in [7, 11) is 0. The van der Waals surface area contributed by atoms with Gasteiger partial charge in [0.25, 0.3) is 0 Å². The molecule has 1 N–H and O–H groups in total. The van der Waals surface area contributed by atoms with Crippen molar-refractivity contribution in [2.24, 2.45) is 0 Å². The summed E-state index contributed by atoms with van der Waals surface area (Å²) in [6.07, 6.45) is 0. The first-order valence-electron chi connectivity index (χ1n) is 5.64. The maximum absolute atomic E-state index is 13.7. The molecule has 0 bridgehead atoms. The van der Waals surface area contributed by atoms with Crippen LogP contribution in [0, 0.1) is 31.0 Å². The van der Waals surface area contributed by atoms with Gasteiger partial charge in [0, 0.05) is 5.69 Å². The number of rotatable bonds is 2. The van der Waals surface area contributed by atoms with Gasteiger partial charge < -0.3 is 5.32 Å². The lowest BCUT2D eigenvalue weighted by Gasteiger charge is -2.11. The fraction of sp³-hybridized carbons (Fsp3) is 0.133. The molecule has 90 valence electrons. The summed E-state index contributed by atoms with van der Waals surface area (Å²) in [5.41, 5.74) is 3.60. The van der Waals surface area contributed by atoms with E-state index in [2.05, 4.69) is 11.4 Å².